The Labute approximate surface area is 109 Å². The maximum atomic E-state index is 12.8. The molecule has 0 radical (unpaired) electrons. The lowest BCUT2D eigenvalue weighted by Gasteiger charge is -2.35. The van der Waals surface area contributed by atoms with Gasteiger partial charge in [-0.3, -0.25) is 9.69 Å². The molecule has 1 aliphatic rings. The minimum absolute atomic E-state index is 0.0883. The van der Waals surface area contributed by atoms with Crippen LogP contribution in [-0.2, 0) is 11.3 Å². The van der Waals surface area contributed by atoms with E-state index in [-0.39, 0.29) is 24.7 Å². The summed E-state index contributed by atoms with van der Waals surface area (Å²) >= 11 is 6.00. The summed E-state index contributed by atoms with van der Waals surface area (Å²) in [4.78, 5) is 25.7. The van der Waals surface area contributed by atoms with Crippen molar-refractivity contribution in [1.82, 2.24) is 9.80 Å². The first-order chi connectivity index (χ1) is 8.49. The molecule has 96 valence electrons. The largest absolute Gasteiger partial charge is 0.327 e. The summed E-state index contributed by atoms with van der Waals surface area (Å²) in [5.74, 6) is -0.631. The molecule has 1 unspecified atom stereocenters. The second kappa shape index (κ2) is 4.94. The zero-order valence-corrected chi connectivity index (χ0v) is 10.5. The maximum absolute atomic E-state index is 12.8. The second-order valence-electron chi connectivity index (χ2n) is 4.13. The molecule has 1 aromatic carbocycles. The van der Waals surface area contributed by atoms with Crippen LogP contribution in [0.25, 0.3) is 0 Å². The number of benzene rings is 1. The standard InChI is InChI=1S/C12H12ClFN2O2/c1-15-11(17)6-10(13)16(12(15)18)7-8-2-4-9(14)5-3-8/h2-5,10H,6-7H2,1H3. The van der Waals surface area contributed by atoms with Gasteiger partial charge in [0.05, 0.1) is 6.42 Å². The van der Waals surface area contributed by atoms with Gasteiger partial charge in [0.2, 0.25) is 5.91 Å². The highest BCUT2D eigenvalue weighted by Gasteiger charge is 2.35. The molecule has 1 fully saturated rings. The molecule has 1 atom stereocenters. The number of halogens is 2. The minimum Gasteiger partial charge on any atom is -0.303 e. The monoisotopic (exact) mass is 270 g/mol. The Morgan fingerprint density at radius 2 is 1.94 bits per heavy atom. The van der Waals surface area contributed by atoms with E-state index >= 15 is 0 Å². The van der Waals surface area contributed by atoms with E-state index in [0.29, 0.717) is 0 Å². The fourth-order valence-electron chi connectivity index (χ4n) is 1.76. The van der Waals surface area contributed by atoms with E-state index in [4.69, 9.17) is 11.6 Å². The van der Waals surface area contributed by atoms with E-state index < -0.39 is 11.5 Å². The van der Waals surface area contributed by atoms with Crippen LogP contribution in [0, 0.1) is 5.82 Å². The van der Waals surface area contributed by atoms with Crippen LogP contribution in [0.4, 0.5) is 9.18 Å². The Morgan fingerprint density at radius 3 is 2.56 bits per heavy atom. The summed E-state index contributed by atoms with van der Waals surface area (Å²) in [6, 6.07) is 5.38. The minimum atomic E-state index is -0.661. The van der Waals surface area contributed by atoms with Gasteiger partial charge in [-0.25, -0.2) is 9.18 Å². The third kappa shape index (κ3) is 2.46. The van der Waals surface area contributed by atoms with Crippen LogP contribution in [0.1, 0.15) is 12.0 Å². The van der Waals surface area contributed by atoms with Crippen LogP contribution in [0.2, 0.25) is 0 Å². The summed E-state index contributed by atoms with van der Waals surface area (Å²) in [6.07, 6.45) is 0.0883. The number of rotatable bonds is 2. The molecule has 3 amide bonds. The number of nitrogens with zero attached hydrogens (tertiary/aromatic N) is 2. The van der Waals surface area contributed by atoms with E-state index in [0.717, 1.165) is 10.5 Å². The van der Waals surface area contributed by atoms with Crippen molar-refractivity contribution in [2.24, 2.45) is 0 Å². The third-order valence-corrected chi connectivity index (χ3v) is 3.24. The third-order valence-electron chi connectivity index (χ3n) is 2.85. The quantitative estimate of drug-likeness (QED) is 0.610. The van der Waals surface area contributed by atoms with Crippen molar-refractivity contribution in [1.29, 1.82) is 0 Å². The van der Waals surface area contributed by atoms with Crippen LogP contribution in [-0.4, -0.2) is 34.3 Å². The number of imide groups is 1. The van der Waals surface area contributed by atoms with Gasteiger partial charge in [-0.05, 0) is 17.7 Å². The first kappa shape index (κ1) is 12.8. The average molecular weight is 271 g/mol. The molecule has 0 saturated carbocycles. The van der Waals surface area contributed by atoms with E-state index in [1.54, 1.807) is 12.1 Å². The van der Waals surface area contributed by atoms with Crippen LogP contribution < -0.4 is 0 Å². The maximum Gasteiger partial charge on any atom is 0.327 e. The highest BCUT2D eigenvalue weighted by atomic mass is 35.5. The molecular weight excluding hydrogens is 259 g/mol. The number of carbonyl (C=O) groups excluding carboxylic acids is 2. The van der Waals surface area contributed by atoms with Crippen LogP contribution in [0.5, 0.6) is 0 Å². The molecule has 0 N–H and O–H groups in total. The zero-order chi connectivity index (χ0) is 13.3. The SMILES string of the molecule is CN1C(=O)CC(Cl)N(Cc2ccc(F)cc2)C1=O. The van der Waals surface area contributed by atoms with Crippen molar-refractivity contribution >= 4 is 23.5 Å². The summed E-state index contributed by atoms with van der Waals surface area (Å²) in [7, 11) is 1.42. The molecule has 1 saturated heterocycles. The number of urea groups is 1. The lowest BCUT2D eigenvalue weighted by Crippen LogP contribution is -2.53. The van der Waals surface area contributed by atoms with Crippen LogP contribution in [0.15, 0.2) is 24.3 Å². The van der Waals surface area contributed by atoms with Crippen molar-refractivity contribution in [3.8, 4) is 0 Å². The lowest BCUT2D eigenvalue weighted by molar-refractivity contribution is -0.130. The topological polar surface area (TPSA) is 40.6 Å². The molecular formula is C12H12ClFN2O2. The van der Waals surface area contributed by atoms with Crippen LogP contribution >= 0.6 is 11.6 Å². The van der Waals surface area contributed by atoms with Gasteiger partial charge in [0.25, 0.3) is 0 Å². The molecule has 18 heavy (non-hydrogen) atoms. The molecule has 1 heterocycles. The predicted octanol–water partition coefficient (Wildman–Crippen LogP) is 2.17. The summed E-state index contributed by atoms with van der Waals surface area (Å²) in [5.41, 5.74) is 0.101. The number of carbonyl (C=O) groups is 2. The van der Waals surface area contributed by atoms with E-state index in [9.17, 15) is 14.0 Å². The van der Waals surface area contributed by atoms with Gasteiger partial charge in [0.1, 0.15) is 11.3 Å². The Balaban J connectivity index is 2.15. The lowest BCUT2D eigenvalue weighted by atomic mass is 10.2. The molecule has 0 spiro atoms. The van der Waals surface area contributed by atoms with Gasteiger partial charge in [-0.1, -0.05) is 23.7 Å². The highest BCUT2D eigenvalue weighted by Crippen LogP contribution is 2.21. The number of amides is 3. The van der Waals surface area contributed by atoms with Gasteiger partial charge in [-0.15, -0.1) is 0 Å². The first-order valence-electron chi connectivity index (χ1n) is 5.44. The Bertz CT molecular complexity index is 477. The number of hydrogen-bond donors (Lipinski definition) is 0. The molecule has 0 aromatic heterocycles. The summed E-state index contributed by atoms with van der Waals surface area (Å²) < 4.78 is 12.8. The summed E-state index contributed by atoms with van der Waals surface area (Å²) in [5, 5.41) is 0. The smallest absolute Gasteiger partial charge is 0.303 e. The highest BCUT2D eigenvalue weighted by molar-refractivity contribution is 6.23. The molecule has 6 heteroatoms. The molecule has 4 nitrogen and oxygen atoms in total. The van der Waals surface area contributed by atoms with Crippen molar-refractivity contribution in [2.75, 3.05) is 7.05 Å². The number of alkyl halides is 1. The van der Waals surface area contributed by atoms with Gasteiger partial charge >= 0.3 is 6.03 Å². The van der Waals surface area contributed by atoms with Gasteiger partial charge < -0.3 is 4.90 Å². The van der Waals surface area contributed by atoms with Crippen molar-refractivity contribution in [2.45, 2.75) is 18.5 Å². The molecule has 0 bridgehead atoms. The molecule has 1 aromatic rings. The van der Waals surface area contributed by atoms with E-state index in [1.807, 2.05) is 0 Å². The second-order valence-corrected chi connectivity index (χ2v) is 4.63. The molecule has 1 aliphatic heterocycles. The van der Waals surface area contributed by atoms with Gasteiger partial charge in [0, 0.05) is 13.6 Å². The van der Waals surface area contributed by atoms with Gasteiger partial charge in [-0.2, -0.15) is 0 Å². The Morgan fingerprint density at radius 1 is 1.33 bits per heavy atom. The van der Waals surface area contributed by atoms with E-state index in [1.165, 1.54) is 24.1 Å². The zero-order valence-electron chi connectivity index (χ0n) is 9.77. The van der Waals surface area contributed by atoms with Crippen molar-refractivity contribution in [3.63, 3.8) is 0 Å². The van der Waals surface area contributed by atoms with Gasteiger partial charge in [0.15, 0.2) is 0 Å². The van der Waals surface area contributed by atoms with Crippen molar-refractivity contribution < 1.29 is 14.0 Å². The Hall–Kier alpha value is -1.62. The molecule has 2 rings (SSSR count). The van der Waals surface area contributed by atoms with Crippen LogP contribution in [0.3, 0.4) is 0 Å². The predicted molar refractivity (Wildman–Crippen MR) is 64.4 cm³/mol. The fourth-order valence-corrected chi connectivity index (χ4v) is 2.05. The first-order valence-corrected chi connectivity index (χ1v) is 5.88. The van der Waals surface area contributed by atoms with Crippen molar-refractivity contribution in [3.05, 3.63) is 35.6 Å². The average Bonchev–Trinajstić information content (AvgIpc) is 2.34. The fraction of sp³-hybridized carbons (Fsp3) is 0.333. The normalized spacial score (nSPS) is 20.5. The summed E-state index contributed by atoms with van der Waals surface area (Å²) in [6.45, 7) is 0.255. The Kier molecular flexibility index (Phi) is 3.52. The van der Waals surface area contributed by atoms with E-state index in [2.05, 4.69) is 0 Å². The molecule has 0 aliphatic carbocycles. The number of hydrogen-bond acceptors (Lipinski definition) is 2.